The van der Waals surface area contributed by atoms with Crippen LogP contribution in [-0.2, 0) is 23.7 Å². The summed E-state index contributed by atoms with van der Waals surface area (Å²) < 4.78 is 22.1. The van der Waals surface area contributed by atoms with Crippen LogP contribution in [0.5, 0.6) is 0 Å². The molecule has 2 aliphatic heterocycles. The number of carbonyl (C=O) groups excluding carboxylic acids is 1. The fourth-order valence-corrected chi connectivity index (χ4v) is 3.19. The number of esters is 1. The molecule has 0 aromatic carbocycles. The molecule has 7 nitrogen and oxygen atoms in total. The Morgan fingerprint density at radius 1 is 1.40 bits per heavy atom. The highest BCUT2D eigenvalue weighted by Gasteiger charge is 2.68. The van der Waals surface area contributed by atoms with E-state index in [1.807, 2.05) is 0 Å². The molecular formula is C13H19NO6. The van der Waals surface area contributed by atoms with Crippen molar-refractivity contribution < 1.29 is 23.7 Å². The maximum absolute atomic E-state index is 11.8. The molecule has 20 heavy (non-hydrogen) atoms. The minimum atomic E-state index is -0.769. The Kier molecular flexibility index (Phi) is 3.30. The van der Waals surface area contributed by atoms with Crippen molar-refractivity contribution in [2.24, 2.45) is 17.0 Å². The lowest BCUT2D eigenvalue weighted by Crippen LogP contribution is -2.57. The molecule has 0 bridgehead atoms. The summed E-state index contributed by atoms with van der Waals surface area (Å²) in [5, 5.41) is 3.19. The van der Waals surface area contributed by atoms with Crippen LogP contribution in [0.4, 0.5) is 0 Å². The Morgan fingerprint density at radius 2 is 2.15 bits per heavy atom. The molecular weight excluding hydrogens is 266 g/mol. The lowest BCUT2D eigenvalue weighted by Gasteiger charge is -2.44. The number of fused-ring (bicyclic) bond motifs is 2. The lowest BCUT2D eigenvalue weighted by atomic mass is 9.97. The summed E-state index contributed by atoms with van der Waals surface area (Å²) >= 11 is 0. The zero-order chi connectivity index (χ0) is 14.5. The molecule has 3 fully saturated rings. The Hall–Kier alpha value is -1.05. The van der Waals surface area contributed by atoms with E-state index in [0.29, 0.717) is 13.2 Å². The van der Waals surface area contributed by atoms with E-state index in [-0.39, 0.29) is 24.1 Å². The maximum atomic E-state index is 11.8. The predicted octanol–water partition coefficient (Wildman–Crippen LogP) is 0.849. The second-order valence-electron chi connectivity index (χ2n) is 5.88. The molecule has 0 aromatic rings. The van der Waals surface area contributed by atoms with Gasteiger partial charge < -0.3 is 18.9 Å². The Morgan fingerprint density at radius 3 is 2.80 bits per heavy atom. The number of rotatable bonds is 3. The summed E-state index contributed by atoms with van der Waals surface area (Å²) in [6.07, 6.45) is -1.12. The quantitative estimate of drug-likeness (QED) is 0.564. The van der Waals surface area contributed by atoms with Crippen molar-refractivity contribution in [1.82, 2.24) is 0 Å². The van der Waals surface area contributed by atoms with Crippen molar-refractivity contribution >= 4 is 5.97 Å². The second kappa shape index (κ2) is 4.75. The molecule has 3 aliphatic rings. The van der Waals surface area contributed by atoms with Crippen molar-refractivity contribution in [1.29, 1.82) is 0 Å². The summed E-state index contributed by atoms with van der Waals surface area (Å²) in [5.41, 5.74) is 0. The van der Waals surface area contributed by atoms with Crippen molar-refractivity contribution in [3.63, 3.8) is 0 Å². The predicted molar refractivity (Wildman–Crippen MR) is 66.8 cm³/mol. The van der Waals surface area contributed by atoms with Crippen LogP contribution in [0.1, 0.15) is 20.8 Å². The highest BCUT2D eigenvalue weighted by atomic mass is 16.7. The van der Waals surface area contributed by atoms with E-state index in [1.165, 1.54) is 0 Å². The van der Waals surface area contributed by atoms with Crippen molar-refractivity contribution in [2.75, 3.05) is 13.2 Å². The van der Waals surface area contributed by atoms with E-state index in [2.05, 4.69) is 5.18 Å². The summed E-state index contributed by atoms with van der Waals surface area (Å²) in [5.74, 6) is -1.74. The van der Waals surface area contributed by atoms with E-state index in [9.17, 15) is 9.70 Å². The number of nitrogens with zero attached hydrogens (tertiary/aromatic N) is 1. The topological polar surface area (TPSA) is 83.4 Å². The molecule has 0 aromatic heterocycles. The van der Waals surface area contributed by atoms with Crippen LogP contribution in [-0.4, -0.2) is 49.3 Å². The van der Waals surface area contributed by atoms with Crippen LogP contribution in [0.2, 0.25) is 0 Å². The molecule has 0 N–H and O–H groups in total. The molecule has 2 saturated heterocycles. The first-order valence-corrected chi connectivity index (χ1v) is 6.95. The van der Waals surface area contributed by atoms with Gasteiger partial charge in [-0.25, -0.2) is 0 Å². The van der Waals surface area contributed by atoms with E-state index < -0.39 is 23.9 Å². The summed E-state index contributed by atoms with van der Waals surface area (Å²) in [7, 11) is 0. The summed E-state index contributed by atoms with van der Waals surface area (Å²) in [6.45, 7) is 5.97. The number of hydrogen-bond donors (Lipinski definition) is 0. The molecule has 0 radical (unpaired) electrons. The molecule has 1 aliphatic carbocycles. The largest absolute Gasteiger partial charge is 0.466 e. The third-order valence-corrected chi connectivity index (χ3v) is 4.13. The first-order chi connectivity index (χ1) is 9.48. The van der Waals surface area contributed by atoms with Gasteiger partial charge in [-0.05, 0) is 20.8 Å². The van der Waals surface area contributed by atoms with Crippen LogP contribution in [0.15, 0.2) is 5.18 Å². The van der Waals surface area contributed by atoms with Crippen LogP contribution in [0, 0.1) is 16.7 Å². The number of hydrogen-bond acceptors (Lipinski definition) is 7. The summed E-state index contributed by atoms with van der Waals surface area (Å²) in [4.78, 5) is 23.1. The minimum Gasteiger partial charge on any atom is -0.466 e. The Bertz CT molecular complexity index is 425. The van der Waals surface area contributed by atoms with E-state index in [4.69, 9.17) is 18.9 Å². The van der Waals surface area contributed by atoms with Gasteiger partial charge in [0.2, 0.25) is 0 Å². The third-order valence-electron chi connectivity index (χ3n) is 4.13. The number of nitroso groups, excluding NO2 is 1. The highest BCUT2D eigenvalue weighted by molar-refractivity contribution is 5.77. The van der Waals surface area contributed by atoms with Gasteiger partial charge in [0, 0.05) is 5.92 Å². The van der Waals surface area contributed by atoms with Gasteiger partial charge in [0.05, 0.1) is 25.2 Å². The molecule has 6 atom stereocenters. The van der Waals surface area contributed by atoms with Gasteiger partial charge >= 0.3 is 5.97 Å². The average molecular weight is 285 g/mol. The van der Waals surface area contributed by atoms with Crippen LogP contribution < -0.4 is 0 Å². The number of carbonyl (C=O) groups is 1. The fraction of sp³-hybridized carbons (Fsp3) is 0.923. The van der Waals surface area contributed by atoms with Crippen molar-refractivity contribution in [3.05, 3.63) is 4.91 Å². The maximum Gasteiger partial charge on any atom is 0.312 e. The van der Waals surface area contributed by atoms with Crippen LogP contribution >= 0.6 is 0 Å². The zero-order valence-corrected chi connectivity index (χ0v) is 11.8. The van der Waals surface area contributed by atoms with E-state index in [0.717, 1.165) is 0 Å². The molecule has 7 heteroatoms. The van der Waals surface area contributed by atoms with Gasteiger partial charge in [-0.3, -0.25) is 4.79 Å². The van der Waals surface area contributed by atoms with Crippen molar-refractivity contribution in [2.45, 2.75) is 50.9 Å². The minimum absolute atomic E-state index is 0.235. The van der Waals surface area contributed by atoms with Gasteiger partial charge in [-0.2, -0.15) is 4.91 Å². The van der Waals surface area contributed by atoms with Crippen LogP contribution in [0.25, 0.3) is 0 Å². The molecule has 2 heterocycles. The van der Waals surface area contributed by atoms with Gasteiger partial charge in [0.1, 0.15) is 18.2 Å². The second-order valence-corrected chi connectivity index (χ2v) is 5.88. The smallest absolute Gasteiger partial charge is 0.312 e. The first kappa shape index (κ1) is 13.9. The summed E-state index contributed by atoms with van der Waals surface area (Å²) in [6, 6.07) is -0.587. The normalized spacial score (nSPS) is 45.0. The van der Waals surface area contributed by atoms with Crippen molar-refractivity contribution in [3.8, 4) is 0 Å². The molecule has 112 valence electrons. The SMILES string of the molecule is CCOC(=O)C1[C@@H]2C(N=O)[C@@H]3OC(C)(C)OC[C@H]3O[C@H]12. The van der Waals surface area contributed by atoms with Crippen LogP contribution in [0.3, 0.4) is 0 Å². The highest BCUT2D eigenvalue weighted by Crippen LogP contribution is 2.53. The molecule has 2 unspecified atom stereocenters. The molecule has 3 rings (SSSR count). The molecule has 0 spiro atoms. The fourth-order valence-electron chi connectivity index (χ4n) is 3.19. The average Bonchev–Trinajstić information content (AvgIpc) is 3.09. The van der Waals surface area contributed by atoms with Gasteiger partial charge in [0.15, 0.2) is 5.79 Å². The van der Waals surface area contributed by atoms with E-state index in [1.54, 1.807) is 20.8 Å². The van der Waals surface area contributed by atoms with Gasteiger partial charge in [0.25, 0.3) is 0 Å². The molecule has 0 amide bonds. The third kappa shape index (κ3) is 2.13. The van der Waals surface area contributed by atoms with E-state index >= 15 is 0 Å². The monoisotopic (exact) mass is 285 g/mol. The Labute approximate surface area is 116 Å². The van der Waals surface area contributed by atoms with Gasteiger partial charge in [-0.1, -0.05) is 5.18 Å². The number of ether oxygens (including phenoxy) is 4. The lowest BCUT2D eigenvalue weighted by molar-refractivity contribution is -0.323. The Balaban J connectivity index is 1.77. The molecule has 1 saturated carbocycles. The first-order valence-electron chi connectivity index (χ1n) is 6.95. The van der Waals surface area contributed by atoms with Gasteiger partial charge in [-0.15, -0.1) is 0 Å². The zero-order valence-electron chi connectivity index (χ0n) is 11.8. The standard InChI is InChI=1S/C13H19NO6/c1-4-17-12(15)8-7-9(14-16)10-6(19-11(7)8)5-18-13(2,3)20-10/h6-11H,4-5H2,1-3H3/t6-,7-,8?,9?,10-,11+/m1/s1.